The summed E-state index contributed by atoms with van der Waals surface area (Å²) >= 11 is 0. The van der Waals surface area contributed by atoms with Crippen molar-refractivity contribution in [2.75, 3.05) is 18.5 Å². The Hall–Kier alpha value is -1.62. The van der Waals surface area contributed by atoms with Crippen molar-refractivity contribution in [3.05, 3.63) is 23.4 Å². The molecular weight excluding hydrogens is 232 g/mol. The fourth-order valence-corrected chi connectivity index (χ4v) is 1.77. The van der Waals surface area contributed by atoms with E-state index in [-0.39, 0.29) is 5.56 Å². The second kappa shape index (κ2) is 6.35. The van der Waals surface area contributed by atoms with Gasteiger partial charge in [-0.05, 0) is 25.5 Å². The first-order valence-electron chi connectivity index (χ1n) is 6.07. The van der Waals surface area contributed by atoms with Crippen LogP contribution in [0.1, 0.15) is 36.3 Å². The largest absolute Gasteiger partial charge is 0.478 e. The van der Waals surface area contributed by atoms with Gasteiger partial charge < -0.3 is 15.1 Å². The van der Waals surface area contributed by atoms with E-state index in [1.807, 2.05) is 6.92 Å². The second-order valence-corrected chi connectivity index (χ2v) is 4.49. The number of aromatic carboxylic acids is 1. The van der Waals surface area contributed by atoms with E-state index in [1.165, 1.54) is 6.07 Å². The van der Waals surface area contributed by atoms with Crippen LogP contribution in [0.2, 0.25) is 0 Å². The molecule has 0 aliphatic carbocycles. The van der Waals surface area contributed by atoms with Crippen LogP contribution < -0.4 is 4.90 Å². The molecule has 0 saturated carbocycles. The predicted molar refractivity (Wildman–Crippen MR) is 70.1 cm³/mol. The first kappa shape index (κ1) is 14.4. The van der Waals surface area contributed by atoms with E-state index in [2.05, 4.69) is 4.98 Å². The molecule has 1 unspecified atom stereocenters. The molecule has 0 aromatic carbocycles. The van der Waals surface area contributed by atoms with Crippen LogP contribution in [0.25, 0.3) is 0 Å². The average Bonchev–Trinajstić information content (AvgIpc) is 2.28. The summed E-state index contributed by atoms with van der Waals surface area (Å²) in [6, 6.07) is 3.13. The number of nitrogens with zero attached hydrogens (tertiary/aromatic N) is 2. The fraction of sp³-hybridized carbons (Fsp3) is 0.538. The zero-order valence-electron chi connectivity index (χ0n) is 11.1. The lowest BCUT2D eigenvalue weighted by molar-refractivity contribution is 0.0696. The minimum absolute atomic E-state index is 0.237. The number of pyridine rings is 1. The van der Waals surface area contributed by atoms with Crippen LogP contribution >= 0.6 is 0 Å². The van der Waals surface area contributed by atoms with Crippen LogP contribution in [0, 0.1) is 0 Å². The van der Waals surface area contributed by atoms with Gasteiger partial charge in [0, 0.05) is 19.3 Å². The van der Waals surface area contributed by atoms with E-state index in [4.69, 9.17) is 5.11 Å². The van der Waals surface area contributed by atoms with Crippen molar-refractivity contribution in [3.63, 3.8) is 0 Å². The summed E-state index contributed by atoms with van der Waals surface area (Å²) in [7, 11) is 1.79. The molecule has 0 fully saturated rings. The SMILES string of the molecule is CCCc1cc(C(=O)O)cc(N(C)CC(C)O)n1. The summed E-state index contributed by atoms with van der Waals surface area (Å²) in [4.78, 5) is 17.2. The van der Waals surface area contributed by atoms with Crippen molar-refractivity contribution in [1.82, 2.24) is 4.98 Å². The lowest BCUT2D eigenvalue weighted by Gasteiger charge is -2.20. The Morgan fingerprint density at radius 3 is 2.67 bits per heavy atom. The number of carbonyl (C=O) groups is 1. The number of aliphatic hydroxyl groups excluding tert-OH is 1. The van der Waals surface area contributed by atoms with Crippen LogP contribution in [0.5, 0.6) is 0 Å². The summed E-state index contributed by atoms with van der Waals surface area (Å²) in [5.41, 5.74) is 1.01. The van der Waals surface area contributed by atoms with Crippen molar-refractivity contribution in [3.8, 4) is 0 Å². The van der Waals surface area contributed by atoms with Gasteiger partial charge in [0.15, 0.2) is 0 Å². The van der Waals surface area contributed by atoms with Gasteiger partial charge in [-0.1, -0.05) is 13.3 Å². The number of hydrogen-bond donors (Lipinski definition) is 2. The Labute approximate surface area is 107 Å². The van der Waals surface area contributed by atoms with Crippen molar-refractivity contribution in [1.29, 1.82) is 0 Å². The number of aryl methyl sites for hydroxylation is 1. The fourth-order valence-electron chi connectivity index (χ4n) is 1.77. The van der Waals surface area contributed by atoms with E-state index in [9.17, 15) is 9.90 Å². The highest BCUT2D eigenvalue weighted by Crippen LogP contribution is 2.15. The maximum Gasteiger partial charge on any atom is 0.335 e. The minimum atomic E-state index is -0.957. The van der Waals surface area contributed by atoms with Gasteiger partial charge in [-0.2, -0.15) is 0 Å². The number of hydrogen-bond acceptors (Lipinski definition) is 4. The van der Waals surface area contributed by atoms with Crippen molar-refractivity contribution < 1.29 is 15.0 Å². The standard InChI is InChI=1S/C13H20N2O3/c1-4-5-11-6-10(13(17)18)7-12(14-11)15(3)8-9(2)16/h6-7,9,16H,4-5,8H2,1-3H3,(H,17,18). The first-order chi connectivity index (χ1) is 8.43. The molecule has 0 aliphatic rings. The molecule has 0 aliphatic heterocycles. The van der Waals surface area contributed by atoms with E-state index in [0.29, 0.717) is 12.4 Å². The van der Waals surface area contributed by atoms with Gasteiger partial charge in [0.05, 0.1) is 11.7 Å². The summed E-state index contributed by atoms with van der Waals surface area (Å²) < 4.78 is 0. The predicted octanol–water partition coefficient (Wildman–Crippen LogP) is 1.55. The van der Waals surface area contributed by atoms with Gasteiger partial charge in [0.1, 0.15) is 5.82 Å². The van der Waals surface area contributed by atoms with Crippen molar-refractivity contribution in [2.45, 2.75) is 32.8 Å². The van der Waals surface area contributed by atoms with E-state index in [1.54, 1.807) is 24.9 Å². The third kappa shape index (κ3) is 4.00. The molecule has 1 aromatic heterocycles. The summed E-state index contributed by atoms with van der Waals surface area (Å²) in [5.74, 6) is -0.374. The van der Waals surface area contributed by atoms with Crippen molar-refractivity contribution >= 4 is 11.8 Å². The van der Waals surface area contributed by atoms with Crippen LogP contribution in [0.3, 0.4) is 0 Å². The van der Waals surface area contributed by atoms with Gasteiger partial charge >= 0.3 is 5.97 Å². The zero-order valence-corrected chi connectivity index (χ0v) is 11.1. The molecule has 2 N–H and O–H groups in total. The highest BCUT2D eigenvalue weighted by molar-refractivity contribution is 5.88. The van der Waals surface area contributed by atoms with Gasteiger partial charge in [0.2, 0.25) is 0 Å². The molecule has 0 radical (unpaired) electrons. The van der Waals surface area contributed by atoms with Crippen molar-refractivity contribution in [2.24, 2.45) is 0 Å². The number of carboxylic acid groups (broad SMARTS) is 1. The summed E-state index contributed by atoms with van der Waals surface area (Å²) in [6.07, 6.45) is 1.17. The number of likely N-dealkylation sites (N-methyl/N-ethyl adjacent to an activating group) is 1. The lowest BCUT2D eigenvalue weighted by Crippen LogP contribution is -2.28. The molecule has 1 rings (SSSR count). The molecule has 100 valence electrons. The Kier molecular flexibility index (Phi) is 5.09. The van der Waals surface area contributed by atoms with E-state index < -0.39 is 12.1 Å². The average molecular weight is 252 g/mol. The smallest absolute Gasteiger partial charge is 0.335 e. The van der Waals surface area contributed by atoms with Gasteiger partial charge in [-0.25, -0.2) is 9.78 Å². The summed E-state index contributed by atoms with van der Waals surface area (Å²) in [5, 5.41) is 18.4. The van der Waals surface area contributed by atoms with Gasteiger partial charge in [0.25, 0.3) is 0 Å². The number of rotatable bonds is 6. The van der Waals surface area contributed by atoms with Gasteiger partial charge in [-0.3, -0.25) is 0 Å². The molecule has 1 heterocycles. The van der Waals surface area contributed by atoms with Gasteiger partial charge in [-0.15, -0.1) is 0 Å². The normalized spacial score (nSPS) is 12.2. The summed E-state index contributed by atoms with van der Waals surface area (Å²) in [6.45, 7) is 4.13. The Bertz CT molecular complexity index is 419. The third-order valence-corrected chi connectivity index (χ3v) is 2.55. The number of carboxylic acids is 1. The minimum Gasteiger partial charge on any atom is -0.478 e. The Morgan fingerprint density at radius 2 is 2.17 bits per heavy atom. The molecule has 0 saturated heterocycles. The monoisotopic (exact) mass is 252 g/mol. The molecule has 5 heteroatoms. The number of aliphatic hydroxyl groups is 1. The molecule has 1 aromatic rings. The maximum absolute atomic E-state index is 11.1. The molecule has 18 heavy (non-hydrogen) atoms. The lowest BCUT2D eigenvalue weighted by atomic mass is 10.1. The molecular formula is C13H20N2O3. The highest BCUT2D eigenvalue weighted by Gasteiger charge is 2.12. The maximum atomic E-state index is 11.1. The Morgan fingerprint density at radius 1 is 1.50 bits per heavy atom. The van der Waals surface area contributed by atoms with Crippen LogP contribution in [-0.2, 0) is 6.42 Å². The molecule has 1 atom stereocenters. The highest BCUT2D eigenvalue weighted by atomic mass is 16.4. The topological polar surface area (TPSA) is 73.7 Å². The van der Waals surface area contributed by atoms with E-state index in [0.717, 1.165) is 18.5 Å². The van der Waals surface area contributed by atoms with Crippen LogP contribution in [0.4, 0.5) is 5.82 Å². The van der Waals surface area contributed by atoms with Crippen LogP contribution in [0.15, 0.2) is 12.1 Å². The molecule has 0 bridgehead atoms. The molecule has 5 nitrogen and oxygen atoms in total. The second-order valence-electron chi connectivity index (χ2n) is 4.49. The van der Waals surface area contributed by atoms with Crippen LogP contribution in [-0.4, -0.2) is 40.9 Å². The first-order valence-corrected chi connectivity index (χ1v) is 6.07. The van der Waals surface area contributed by atoms with E-state index >= 15 is 0 Å². The number of aromatic nitrogens is 1. The third-order valence-electron chi connectivity index (χ3n) is 2.55. The molecule has 0 amide bonds. The zero-order chi connectivity index (χ0) is 13.7. The number of anilines is 1. The Balaban J connectivity index is 3.05. The quantitative estimate of drug-likeness (QED) is 0.803. The molecule has 0 spiro atoms.